The van der Waals surface area contributed by atoms with Gasteiger partial charge in [0, 0.05) is 18.7 Å². The number of hydrogen-bond acceptors (Lipinski definition) is 2. The lowest BCUT2D eigenvalue weighted by Crippen LogP contribution is -2.44. The zero-order valence-electron chi connectivity index (χ0n) is 11.0. The van der Waals surface area contributed by atoms with Gasteiger partial charge in [-0.15, -0.1) is 0 Å². The predicted molar refractivity (Wildman–Crippen MR) is 75.3 cm³/mol. The molecule has 1 saturated heterocycles. The molecule has 0 saturated carbocycles. The van der Waals surface area contributed by atoms with E-state index in [0.29, 0.717) is 19.7 Å². The van der Waals surface area contributed by atoms with Crippen LogP contribution in [-0.4, -0.2) is 36.6 Å². The lowest BCUT2D eigenvalue weighted by molar-refractivity contribution is -0.0124. The second-order valence-electron chi connectivity index (χ2n) is 4.99. The van der Waals surface area contributed by atoms with E-state index < -0.39 is 0 Å². The molecule has 2 aromatic rings. The summed E-state index contributed by atoms with van der Waals surface area (Å²) in [5.74, 6) is 0.0981. The van der Waals surface area contributed by atoms with Crippen LogP contribution in [0.3, 0.4) is 0 Å². The fourth-order valence-electron chi connectivity index (χ4n) is 2.51. The Kier molecular flexibility index (Phi) is 3.22. The van der Waals surface area contributed by atoms with Crippen molar-refractivity contribution in [3.63, 3.8) is 0 Å². The summed E-state index contributed by atoms with van der Waals surface area (Å²) in [4.78, 5) is 14.3. The van der Waals surface area contributed by atoms with Gasteiger partial charge >= 0.3 is 0 Å². The van der Waals surface area contributed by atoms with Crippen molar-refractivity contribution in [1.82, 2.24) is 4.90 Å². The van der Waals surface area contributed by atoms with Crippen molar-refractivity contribution in [2.45, 2.75) is 13.0 Å². The van der Waals surface area contributed by atoms with Crippen molar-refractivity contribution < 1.29 is 9.53 Å². The number of ether oxygens (including phenoxy) is 1. The van der Waals surface area contributed by atoms with Crippen LogP contribution in [0.4, 0.5) is 0 Å². The minimum atomic E-state index is 0.0981. The van der Waals surface area contributed by atoms with Gasteiger partial charge < -0.3 is 9.64 Å². The van der Waals surface area contributed by atoms with Crippen LogP contribution in [-0.2, 0) is 4.74 Å². The van der Waals surface area contributed by atoms with E-state index in [9.17, 15) is 4.79 Å². The van der Waals surface area contributed by atoms with Crippen molar-refractivity contribution in [3.8, 4) is 0 Å². The number of morpholine rings is 1. The molecule has 0 radical (unpaired) electrons. The minimum absolute atomic E-state index is 0.0981. The summed E-state index contributed by atoms with van der Waals surface area (Å²) in [6.45, 7) is 3.97. The van der Waals surface area contributed by atoms with Crippen LogP contribution in [0.25, 0.3) is 10.8 Å². The smallest absolute Gasteiger partial charge is 0.254 e. The normalized spacial score (nSPS) is 19.6. The van der Waals surface area contributed by atoms with E-state index in [2.05, 4.69) is 6.07 Å². The summed E-state index contributed by atoms with van der Waals surface area (Å²) in [6, 6.07) is 14.0. The standard InChI is InChI=1S/C16H17NO2/c1-12-11-17(8-9-19-12)16(18)15-7-6-13-4-2-3-5-14(13)10-15/h2-7,10,12H,8-9,11H2,1H3. The van der Waals surface area contributed by atoms with Crippen LogP contribution < -0.4 is 0 Å². The molecule has 3 nitrogen and oxygen atoms in total. The number of amides is 1. The molecule has 0 aromatic heterocycles. The van der Waals surface area contributed by atoms with Gasteiger partial charge in [0.2, 0.25) is 0 Å². The highest BCUT2D eigenvalue weighted by Gasteiger charge is 2.22. The summed E-state index contributed by atoms with van der Waals surface area (Å²) in [5.41, 5.74) is 0.757. The molecule has 19 heavy (non-hydrogen) atoms. The van der Waals surface area contributed by atoms with E-state index in [4.69, 9.17) is 4.74 Å². The van der Waals surface area contributed by atoms with Crippen LogP contribution in [0, 0.1) is 0 Å². The van der Waals surface area contributed by atoms with Gasteiger partial charge in [-0.25, -0.2) is 0 Å². The first-order chi connectivity index (χ1) is 9.24. The summed E-state index contributed by atoms with van der Waals surface area (Å²) >= 11 is 0. The summed E-state index contributed by atoms with van der Waals surface area (Å²) in [7, 11) is 0. The van der Waals surface area contributed by atoms with Gasteiger partial charge in [0.1, 0.15) is 0 Å². The molecule has 1 amide bonds. The lowest BCUT2D eigenvalue weighted by atomic mass is 10.1. The highest BCUT2D eigenvalue weighted by atomic mass is 16.5. The molecule has 0 spiro atoms. The van der Waals surface area contributed by atoms with E-state index in [1.807, 2.05) is 48.2 Å². The molecule has 3 heteroatoms. The van der Waals surface area contributed by atoms with Crippen molar-refractivity contribution in [3.05, 3.63) is 48.0 Å². The van der Waals surface area contributed by atoms with Crippen molar-refractivity contribution in [1.29, 1.82) is 0 Å². The number of fused-ring (bicyclic) bond motifs is 1. The minimum Gasteiger partial charge on any atom is -0.375 e. The Hall–Kier alpha value is -1.87. The Morgan fingerprint density at radius 3 is 2.79 bits per heavy atom. The molecule has 3 rings (SSSR count). The second-order valence-corrected chi connectivity index (χ2v) is 4.99. The molecular weight excluding hydrogens is 238 g/mol. The first kappa shape index (κ1) is 12.2. The van der Waals surface area contributed by atoms with Crippen molar-refractivity contribution in [2.24, 2.45) is 0 Å². The zero-order valence-corrected chi connectivity index (χ0v) is 11.0. The highest BCUT2D eigenvalue weighted by molar-refractivity contribution is 5.98. The SMILES string of the molecule is CC1CN(C(=O)c2ccc3ccccc3c2)CCO1. The molecule has 98 valence electrons. The van der Waals surface area contributed by atoms with E-state index in [1.165, 1.54) is 0 Å². The highest BCUT2D eigenvalue weighted by Crippen LogP contribution is 2.18. The van der Waals surface area contributed by atoms with Gasteiger partial charge in [0.15, 0.2) is 0 Å². The Bertz CT molecular complexity index is 608. The third-order valence-electron chi connectivity index (χ3n) is 3.52. The Morgan fingerprint density at radius 1 is 1.21 bits per heavy atom. The molecule has 2 aromatic carbocycles. The zero-order chi connectivity index (χ0) is 13.2. The largest absolute Gasteiger partial charge is 0.375 e. The Labute approximate surface area is 112 Å². The van der Waals surface area contributed by atoms with Gasteiger partial charge in [-0.1, -0.05) is 30.3 Å². The fourth-order valence-corrected chi connectivity index (χ4v) is 2.51. The number of nitrogens with zero attached hydrogens (tertiary/aromatic N) is 1. The van der Waals surface area contributed by atoms with E-state index in [1.54, 1.807) is 0 Å². The summed E-state index contributed by atoms with van der Waals surface area (Å²) in [5, 5.41) is 2.27. The van der Waals surface area contributed by atoms with Crippen LogP contribution in [0.15, 0.2) is 42.5 Å². The molecule has 1 aliphatic heterocycles. The van der Waals surface area contributed by atoms with Gasteiger partial charge in [-0.2, -0.15) is 0 Å². The Morgan fingerprint density at radius 2 is 2.00 bits per heavy atom. The van der Waals surface area contributed by atoms with Crippen LogP contribution in [0.1, 0.15) is 17.3 Å². The lowest BCUT2D eigenvalue weighted by Gasteiger charge is -2.31. The maximum atomic E-state index is 12.5. The molecule has 0 N–H and O–H groups in total. The quantitative estimate of drug-likeness (QED) is 0.784. The monoisotopic (exact) mass is 255 g/mol. The number of hydrogen-bond donors (Lipinski definition) is 0. The summed E-state index contributed by atoms with van der Waals surface area (Å²) < 4.78 is 5.47. The molecule has 1 heterocycles. The van der Waals surface area contributed by atoms with E-state index in [-0.39, 0.29) is 12.0 Å². The predicted octanol–water partition coefficient (Wildman–Crippen LogP) is 2.70. The second kappa shape index (κ2) is 5.02. The average molecular weight is 255 g/mol. The van der Waals surface area contributed by atoms with Crippen LogP contribution in [0.5, 0.6) is 0 Å². The maximum Gasteiger partial charge on any atom is 0.254 e. The average Bonchev–Trinajstić information content (AvgIpc) is 2.46. The fraction of sp³-hybridized carbons (Fsp3) is 0.312. The van der Waals surface area contributed by atoms with Crippen molar-refractivity contribution >= 4 is 16.7 Å². The number of benzene rings is 2. The molecule has 0 bridgehead atoms. The summed E-state index contributed by atoms with van der Waals surface area (Å²) in [6.07, 6.45) is 0.123. The number of carbonyl (C=O) groups excluding carboxylic acids is 1. The first-order valence-electron chi connectivity index (χ1n) is 6.64. The van der Waals surface area contributed by atoms with Gasteiger partial charge in [-0.3, -0.25) is 4.79 Å². The number of rotatable bonds is 1. The Balaban J connectivity index is 1.88. The maximum absolute atomic E-state index is 12.5. The van der Waals surface area contributed by atoms with Crippen LogP contribution in [0.2, 0.25) is 0 Å². The van der Waals surface area contributed by atoms with Gasteiger partial charge in [0.05, 0.1) is 12.7 Å². The number of carbonyl (C=O) groups is 1. The van der Waals surface area contributed by atoms with Crippen molar-refractivity contribution in [2.75, 3.05) is 19.7 Å². The molecular formula is C16H17NO2. The van der Waals surface area contributed by atoms with Gasteiger partial charge in [-0.05, 0) is 29.8 Å². The van der Waals surface area contributed by atoms with E-state index >= 15 is 0 Å². The first-order valence-corrected chi connectivity index (χ1v) is 6.64. The molecule has 1 fully saturated rings. The topological polar surface area (TPSA) is 29.5 Å². The van der Waals surface area contributed by atoms with E-state index in [0.717, 1.165) is 16.3 Å². The third-order valence-corrected chi connectivity index (χ3v) is 3.52. The molecule has 1 aliphatic rings. The van der Waals surface area contributed by atoms with Crippen LogP contribution >= 0.6 is 0 Å². The molecule has 0 aliphatic carbocycles. The molecule has 1 unspecified atom stereocenters. The van der Waals surface area contributed by atoms with Gasteiger partial charge in [0.25, 0.3) is 5.91 Å². The third kappa shape index (κ3) is 2.47. The molecule has 1 atom stereocenters.